The van der Waals surface area contributed by atoms with Gasteiger partial charge in [-0.15, -0.1) is 0 Å². The maximum absolute atomic E-state index is 11.9. The summed E-state index contributed by atoms with van der Waals surface area (Å²) in [7, 11) is 0. The molecule has 0 saturated carbocycles. The van der Waals surface area contributed by atoms with Gasteiger partial charge >= 0.3 is 0 Å². The minimum Gasteiger partial charge on any atom is -0.354 e. The maximum Gasteiger partial charge on any atom is 0.237 e. The Labute approximate surface area is 102 Å². The van der Waals surface area contributed by atoms with Gasteiger partial charge in [0, 0.05) is 11.8 Å². The van der Waals surface area contributed by atoms with E-state index in [0.29, 0.717) is 5.25 Å². The molecule has 2 aliphatic heterocycles. The van der Waals surface area contributed by atoms with E-state index in [-0.39, 0.29) is 11.9 Å². The van der Waals surface area contributed by atoms with E-state index in [1.165, 1.54) is 37.9 Å². The molecule has 2 heterocycles. The summed E-state index contributed by atoms with van der Waals surface area (Å²) in [5.41, 5.74) is 0. The number of nitrogens with one attached hydrogen (secondary N) is 2. The highest BCUT2D eigenvalue weighted by atomic mass is 32.2. The Morgan fingerprint density at radius 3 is 3.00 bits per heavy atom. The molecule has 0 aliphatic carbocycles. The molecular weight excluding hydrogens is 220 g/mol. The van der Waals surface area contributed by atoms with E-state index in [1.807, 2.05) is 11.8 Å². The van der Waals surface area contributed by atoms with E-state index in [4.69, 9.17) is 0 Å². The molecule has 92 valence electrons. The van der Waals surface area contributed by atoms with Crippen LogP contribution >= 0.6 is 11.8 Å². The van der Waals surface area contributed by atoms with Crippen molar-refractivity contribution in [3.63, 3.8) is 0 Å². The largest absolute Gasteiger partial charge is 0.354 e. The van der Waals surface area contributed by atoms with Crippen LogP contribution in [0.2, 0.25) is 0 Å². The number of carbonyl (C=O) groups is 1. The van der Waals surface area contributed by atoms with Crippen LogP contribution in [-0.4, -0.2) is 36.0 Å². The van der Waals surface area contributed by atoms with E-state index >= 15 is 0 Å². The molecule has 2 aliphatic rings. The summed E-state index contributed by atoms with van der Waals surface area (Å²) in [6, 6.07) is 0.0638. The van der Waals surface area contributed by atoms with Gasteiger partial charge in [-0.1, -0.05) is 12.8 Å². The molecule has 0 aromatic carbocycles. The molecule has 2 unspecified atom stereocenters. The Kier molecular flexibility index (Phi) is 4.97. The Hall–Kier alpha value is -0.220. The van der Waals surface area contributed by atoms with Gasteiger partial charge in [-0.2, -0.15) is 11.8 Å². The van der Waals surface area contributed by atoms with Crippen LogP contribution in [0.3, 0.4) is 0 Å². The minimum atomic E-state index is 0.0638. The van der Waals surface area contributed by atoms with Crippen molar-refractivity contribution in [1.29, 1.82) is 0 Å². The zero-order valence-corrected chi connectivity index (χ0v) is 10.7. The monoisotopic (exact) mass is 242 g/mol. The molecule has 16 heavy (non-hydrogen) atoms. The minimum absolute atomic E-state index is 0.0638. The highest BCUT2D eigenvalue weighted by Crippen LogP contribution is 2.25. The first-order chi connectivity index (χ1) is 7.86. The standard InChI is InChI=1S/C12H22N2OS/c15-12(11-6-2-1-3-7-13-11)14-9-10-5-4-8-16-10/h10-11,13H,1-9H2,(H,14,15). The topological polar surface area (TPSA) is 41.1 Å². The Morgan fingerprint density at radius 2 is 2.19 bits per heavy atom. The predicted octanol–water partition coefficient (Wildman–Crippen LogP) is 1.53. The third-order valence-corrected chi connectivity index (χ3v) is 4.80. The zero-order chi connectivity index (χ0) is 11.2. The van der Waals surface area contributed by atoms with Crippen LogP contribution < -0.4 is 10.6 Å². The second-order valence-electron chi connectivity index (χ2n) is 4.74. The van der Waals surface area contributed by atoms with Gasteiger partial charge in [-0.25, -0.2) is 0 Å². The second-order valence-corrected chi connectivity index (χ2v) is 6.14. The lowest BCUT2D eigenvalue weighted by molar-refractivity contribution is -0.123. The van der Waals surface area contributed by atoms with Crippen molar-refractivity contribution in [3.8, 4) is 0 Å². The van der Waals surface area contributed by atoms with Gasteiger partial charge in [0.15, 0.2) is 0 Å². The normalized spacial score (nSPS) is 31.0. The summed E-state index contributed by atoms with van der Waals surface area (Å²) >= 11 is 2.00. The highest BCUT2D eigenvalue weighted by Gasteiger charge is 2.21. The number of amides is 1. The van der Waals surface area contributed by atoms with Gasteiger partial charge in [-0.3, -0.25) is 4.79 Å². The first kappa shape index (κ1) is 12.2. The lowest BCUT2D eigenvalue weighted by atomic mass is 10.1. The molecule has 0 aromatic heterocycles. The maximum atomic E-state index is 11.9. The van der Waals surface area contributed by atoms with Crippen LogP contribution in [0.15, 0.2) is 0 Å². The molecule has 3 nitrogen and oxygen atoms in total. The molecule has 2 fully saturated rings. The molecule has 2 rings (SSSR count). The van der Waals surface area contributed by atoms with Crippen LogP contribution in [0.4, 0.5) is 0 Å². The fraction of sp³-hybridized carbons (Fsp3) is 0.917. The smallest absolute Gasteiger partial charge is 0.237 e. The predicted molar refractivity (Wildman–Crippen MR) is 68.7 cm³/mol. The van der Waals surface area contributed by atoms with Gasteiger partial charge in [0.25, 0.3) is 0 Å². The fourth-order valence-corrected chi connectivity index (χ4v) is 3.60. The van der Waals surface area contributed by atoms with E-state index in [0.717, 1.165) is 19.5 Å². The van der Waals surface area contributed by atoms with Crippen molar-refractivity contribution in [3.05, 3.63) is 0 Å². The molecule has 4 heteroatoms. The highest BCUT2D eigenvalue weighted by molar-refractivity contribution is 8.00. The Morgan fingerprint density at radius 1 is 1.25 bits per heavy atom. The quantitative estimate of drug-likeness (QED) is 0.788. The van der Waals surface area contributed by atoms with Crippen molar-refractivity contribution < 1.29 is 4.79 Å². The van der Waals surface area contributed by atoms with E-state index in [9.17, 15) is 4.79 Å². The van der Waals surface area contributed by atoms with Crippen molar-refractivity contribution in [1.82, 2.24) is 10.6 Å². The molecule has 2 N–H and O–H groups in total. The lowest BCUT2D eigenvalue weighted by Crippen LogP contribution is -2.45. The van der Waals surface area contributed by atoms with E-state index < -0.39 is 0 Å². The van der Waals surface area contributed by atoms with Crippen molar-refractivity contribution in [2.75, 3.05) is 18.8 Å². The summed E-state index contributed by atoms with van der Waals surface area (Å²) in [5.74, 6) is 1.48. The summed E-state index contributed by atoms with van der Waals surface area (Å²) in [4.78, 5) is 11.9. The van der Waals surface area contributed by atoms with Crippen LogP contribution in [0.1, 0.15) is 38.5 Å². The lowest BCUT2D eigenvalue weighted by Gasteiger charge is -2.17. The SMILES string of the molecule is O=C(NCC1CCCS1)C1CCCCCN1. The van der Waals surface area contributed by atoms with Gasteiger partial charge in [0.05, 0.1) is 6.04 Å². The molecule has 2 saturated heterocycles. The molecule has 0 bridgehead atoms. The molecule has 1 amide bonds. The third kappa shape index (κ3) is 3.67. The van der Waals surface area contributed by atoms with Crippen molar-refractivity contribution >= 4 is 17.7 Å². The third-order valence-electron chi connectivity index (χ3n) is 3.40. The average Bonchev–Trinajstić information content (AvgIpc) is 2.66. The number of thioether (sulfide) groups is 1. The van der Waals surface area contributed by atoms with Crippen molar-refractivity contribution in [2.24, 2.45) is 0 Å². The number of hydrogen-bond acceptors (Lipinski definition) is 3. The second kappa shape index (κ2) is 6.50. The molecule has 0 radical (unpaired) electrons. The van der Waals surface area contributed by atoms with Gasteiger partial charge < -0.3 is 10.6 Å². The first-order valence-electron chi connectivity index (χ1n) is 6.49. The zero-order valence-electron chi connectivity index (χ0n) is 9.84. The first-order valence-corrected chi connectivity index (χ1v) is 7.54. The summed E-state index contributed by atoms with van der Waals surface area (Å²) in [5, 5.41) is 7.10. The molecular formula is C12H22N2OS. The fourth-order valence-electron chi connectivity index (χ4n) is 2.40. The molecule has 0 spiro atoms. The van der Waals surface area contributed by atoms with E-state index in [1.54, 1.807) is 0 Å². The number of carbonyl (C=O) groups excluding carboxylic acids is 1. The van der Waals surface area contributed by atoms with Crippen LogP contribution in [0, 0.1) is 0 Å². The number of hydrogen-bond donors (Lipinski definition) is 2. The van der Waals surface area contributed by atoms with Gasteiger partial charge in [-0.05, 0) is 38.0 Å². The van der Waals surface area contributed by atoms with Gasteiger partial charge in [0.1, 0.15) is 0 Å². The van der Waals surface area contributed by atoms with Crippen LogP contribution in [-0.2, 0) is 4.79 Å². The van der Waals surface area contributed by atoms with Crippen molar-refractivity contribution in [2.45, 2.75) is 49.8 Å². The van der Waals surface area contributed by atoms with E-state index in [2.05, 4.69) is 10.6 Å². The molecule has 0 aromatic rings. The summed E-state index contributed by atoms with van der Waals surface area (Å²) in [6.45, 7) is 1.86. The summed E-state index contributed by atoms with van der Waals surface area (Å²) < 4.78 is 0. The van der Waals surface area contributed by atoms with Crippen LogP contribution in [0.25, 0.3) is 0 Å². The Balaban J connectivity index is 1.69. The summed E-state index contributed by atoms with van der Waals surface area (Å²) in [6.07, 6.45) is 7.24. The number of rotatable bonds is 3. The van der Waals surface area contributed by atoms with Crippen LogP contribution in [0.5, 0.6) is 0 Å². The van der Waals surface area contributed by atoms with Gasteiger partial charge in [0.2, 0.25) is 5.91 Å². The molecule has 2 atom stereocenters. The Bertz CT molecular complexity index is 221. The average molecular weight is 242 g/mol.